The van der Waals surface area contributed by atoms with E-state index in [0.717, 1.165) is 0 Å². The molecule has 4 atom stereocenters. The van der Waals surface area contributed by atoms with Crippen LogP contribution in [0.3, 0.4) is 0 Å². The molecule has 1 aliphatic heterocycles. The molecule has 17 nitrogen and oxygen atoms in total. The Labute approximate surface area is 231 Å². The molecule has 0 aromatic carbocycles. The Bertz CT molecular complexity index is 941. The number of nitrogens with two attached hydrogens (primary N) is 4. The third-order valence-corrected chi connectivity index (χ3v) is 6.13. The van der Waals surface area contributed by atoms with Gasteiger partial charge in [-0.15, -0.1) is 0 Å². The van der Waals surface area contributed by atoms with Gasteiger partial charge in [-0.1, -0.05) is 0 Å². The molecular weight excluding hydrogens is 530 g/mol. The molecule has 0 radical (unpaired) electrons. The van der Waals surface area contributed by atoms with E-state index >= 15 is 0 Å². The largest absolute Gasteiger partial charge is 0.481 e. The second-order valence-electron chi connectivity index (χ2n) is 9.36. The van der Waals surface area contributed by atoms with E-state index in [-0.39, 0.29) is 38.3 Å². The van der Waals surface area contributed by atoms with Crippen molar-refractivity contribution in [3.63, 3.8) is 0 Å². The zero-order chi connectivity index (χ0) is 30.2. The first-order valence-corrected chi connectivity index (χ1v) is 13.0. The fraction of sp³-hybridized carbons (Fsp3) is 0.696. The summed E-state index contributed by atoms with van der Waals surface area (Å²) in [6.07, 6.45) is 1.72. The Morgan fingerprint density at radius 2 is 1.62 bits per heavy atom. The maximum absolute atomic E-state index is 13.1. The van der Waals surface area contributed by atoms with Crippen LogP contribution in [0, 0.1) is 0 Å². The van der Waals surface area contributed by atoms with Gasteiger partial charge in [0.05, 0.1) is 12.5 Å². The molecule has 0 aromatic rings. The van der Waals surface area contributed by atoms with Crippen molar-refractivity contribution in [1.29, 1.82) is 0 Å². The van der Waals surface area contributed by atoms with Crippen LogP contribution in [0.4, 0.5) is 0 Å². The summed E-state index contributed by atoms with van der Waals surface area (Å²) in [7, 11) is 0. The van der Waals surface area contributed by atoms with Crippen LogP contribution in [0.25, 0.3) is 0 Å². The van der Waals surface area contributed by atoms with Crippen molar-refractivity contribution in [3.05, 3.63) is 0 Å². The third-order valence-electron chi connectivity index (χ3n) is 6.13. The van der Waals surface area contributed by atoms with Gasteiger partial charge in [0.1, 0.15) is 24.7 Å². The first-order valence-electron chi connectivity index (χ1n) is 13.0. The van der Waals surface area contributed by atoms with Crippen molar-refractivity contribution in [2.24, 2.45) is 27.9 Å². The van der Waals surface area contributed by atoms with Crippen LogP contribution in [0.15, 0.2) is 4.99 Å². The molecule has 13 N–H and O–H groups in total. The monoisotopic (exact) mass is 571 g/mol. The van der Waals surface area contributed by atoms with E-state index in [1.165, 1.54) is 4.90 Å². The van der Waals surface area contributed by atoms with Crippen LogP contribution in [0.1, 0.15) is 51.4 Å². The molecule has 1 aliphatic rings. The molecule has 4 amide bonds. The number of carbonyl (C=O) groups is 6. The summed E-state index contributed by atoms with van der Waals surface area (Å²) < 4.78 is 0. The summed E-state index contributed by atoms with van der Waals surface area (Å²) >= 11 is 0. The lowest BCUT2D eigenvalue weighted by Crippen LogP contribution is -2.57. The smallest absolute Gasteiger partial charge is 0.322 e. The fourth-order valence-corrected chi connectivity index (χ4v) is 4.13. The second kappa shape index (κ2) is 17.6. The summed E-state index contributed by atoms with van der Waals surface area (Å²) in [4.78, 5) is 78.9. The molecule has 0 saturated carbocycles. The van der Waals surface area contributed by atoms with Crippen molar-refractivity contribution in [2.45, 2.75) is 75.5 Å². The number of carboxylic acids is 2. The molecule has 0 bridgehead atoms. The standard InChI is InChI=1S/C23H41N9O8/c24-8-2-1-6-14(19(37)29-12-18(35)36)30-20(38)15(11-17(33)34)31-21(39)16-7-4-10-32(16)22(40)13(25)5-3-9-28-23(26)27/h13-16H,1-12,24-25H2,(H,29,37)(H,30,38)(H,31,39)(H,33,34)(H,35,36)(H4,26,27,28)/t13-,14-,15-,16-/m0/s1. The van der Waals surface area contributed by atoms with Gasteiger partial charge in [0.2, 0.25) is 23.6 Å². The van der Waals surface area contributed by atoms with E-state index in [1.54, 1.807) is 0 Å². The van der Waals surface area contributed by atoms with Gasteiger partial charge in [0, 0.05) is 13.1 Å². The molecule has 0 spiro atoms. The highest BCUT2D eigenvalue weighted by atomic mass is 16.4. The van der Waals surface area contributed by atoms with E-state index in [1.807, 2.05) is 0 Å². The molecule has 17 heteroatoms. The minimum Gasteiger partial charge on any atom is -0.481 e. The van der Waals surface area contributed by atoms with Crippen molar-refractivity contribution in [1.82, 2.24) is 20.9 Å². The maximum Gasteiger partial charge on any atom is 0.322 e. The van der Waals surface area contributed by atoms with Crippen LogP contribution in [0.5, 0.6) is 0 Å². The number of aliphatic imine (C=N–C) groups is 1. The third kappa shape index (κ3) is 12.2. The molecule has 1 heterocycles. The van der Waals surface area contributed by atoms with Gasteiger partial charge < -0.3 is 54.0 Å². The Balaban J connectivity index is 2.92. The fourth-order valence-electron chi connectivity index (χ4n) is 4.13. The predicted molar refractivity (Wildman–Crippen MR) is 142 cm³/mol. The average Bonchev–Trinajstić information content (AvgIpc) is 3.38. The van der Waals surface area contributed by atoms with Gasteiger partial charge in [0.25, 0.3) is 0 Å². The minimum atomic E-state index is -1.57. The highest BCUT2D eigenvalue weighted by molar-refractivity contribution is 5.96. The molecule has 1 rings (SSSR count). The number of guanidine groups is 1. The zero-order valence-corrected chi connectivity index (χ0v) is 22.3. The molecule has 0 unspecified atom stereocenters. The van der Waals surface area contributed by atoms with Crippen LogP contribution in [0.2, 0.25) is 0 Å². The van der Waals surface area contributed by atoms with Crippen LogP contribution in [-0.4, -0.2) is 107 Å². The number of hydrogen-bond acceptors (Lipinski definition) is 9. The molecule has 0 aliphatic carbocycles. The highest BCUT2D eigenvalue weighted by Gasteiger charge is 2.38. The van der Waals surface area contributed by atoms with Gasteiger partial charge in [-0.05, 0) is 51.5 Å². The summed E-state index contributed by atoms with van der Waals surface area (Å²) in [6.45, 7) is 0.174. The highest BCUT2D eigenvalue weighted by Crippen LogP contribution is 2.19. The van der Waals surface area contributed by atoms with Gasteiger partial charge in [-0.2, -0.15) is 0 Å². The number of carbonyl (C=O) groups excluding carboxylic acids is 4. The number of nitrogens with one attached hydrogen (secondary N) is 3. The van der Waals surface area contributed by atoms with E-state index in [9.17, 15) is 33.9 Å². The number of carboxylic acid groups (broad SMARTS) is 2. The lowest BCUT2D eigenvalue weighted by atomic mass is 10.1. The van der Waals surface area contributed by atoms with Crippen LogP contribution >= 0.6 is 0 Å². The predicted octanol–water partition coefficient (Wildman–Crippen LogP) is -3.87. The Morgan fingerprint density at radius 3 is 2.23 bits per heavy atom. The van der Waals surface area contributed by atoms with Crippen molar-refractivity contribution in [3.8, 4) is 0 Å². The second-order valence-corrected chi connectivity index (χ2v) is 9.36. The van der Waals surface area contributed by atoms with Gasteiger partial charge in [0.15, 0.2) is 5.96 Å². The number of rotatable bonds is 18. The Morgan fingerprint density at radius 1 is 0.925 bits per heavy atom. The number of nitrogens with zero attached hydrogens (tertiary/aromatic N) is 2. The summed E-state index contributed by atoms with van der Waals surface area (Å²) in [5.41, 5.74) is 22.0. The molecule has 0 aromatic heterocycles. The summed E-state index contributed by atoms with van der Waals surface area (Å²) in [5.74, 6) is -5.72. The average molecular weight is 572 g/mol. The summed E-state index contributed by atoms with van der Waals surface area (Å²) in [6, 6.07) is -4.65. The van der Waals surface area contributed by atoms with E-state index in [4.69, 9.17) is 28.0 Å². The number of hydrogen-bond donors (Lipinski definition) is 9. The van der Waals surface area contributed by atoms with Crippen molar-refractivity contribution >= 4 is 41.5 Å². The van der Waals surface area contributed by atoms with Gasteiger partial charge >= 0.3 is 11.9 Å². The quantitative estimate of drug-likeness (QED) is 0.0433. The Kier molecular flexibility index (Phi) is 15.0. The van der Waals surface area contributed by atoms with E-state index < -0.39 is 72.7 Å². The van der Waals surface area contributed by atoms with E-state index in [0.29, 0.717) is 32.2 Å². The molecule has 1 saturated heterocycles. The topological polar surface area (TPSA) is 299 Å². The van der Waals surface area contributed by atoms with Crippen LogP contribution < -0.4 is 38.9 Å². The minimum absolute atomic E-state index is 0.0844. The first-order chi connectivity index (χ1) is 18.9. The lowest BCUT2D eigenvalue weighted by Gasteiger charge is -2.28. The number of amides is 4. The number of aliphatic carboxylic acids is 2. The lowest BCUT2D eigenvalue weighted by molar-refractivity contribution is -0.143. The van der Waals surface area contributed by atoms with E-state index in [2.05, 4.69) is 20.9 Å². The van der Waals surface area contributed by atoms with Crippen LogP contribution in [-0.2, 0) is 28.8 Å². The van der Waals surface area contributed by atoms with Crippen molar-refractivity contribution < 1.29 is 39.0 Å². The Hall–Kier alpha value is -3.99. The van der Waals surface area contributed by atoms with Gasteiger partial charge in [-0.3, -0.25) is 33.8 Å². The van der Waals surface area contributed by atoms with Gasteiger partial charge in [-0.25, -0.2) is 0 Å². The van der Waals surface area contributed by atoms with Crippen molar-refractivity contribution in [2.75, 3.05) is 26.2 Å². The summed E-state index contributed by atoms with van der Waals surface area (Å²) in [5, 5.41) is 25.1. The molecule has 226 valence electrons. The normalized spacial score (nSPS) is 16.8. The number of unbranched alkanes of at least 4 members (excludes halogenated alkanes) is 1. The zero-order valence-electron chi connectivity index (χ0n) is 22.3. The first kappa shape index (κ1) is 34.0. The molecular formula is C23H41N9O8. The number of likely N-dealkylation sites (tertiary alicyclic amines) is 1. The maximum atomic E-state index is 13.1. The molecule has 40 heavy (non-hydrogen) atoms. The molecule has 1 fully saturated rings. The SMILES string of the molecule is NCCCC[C@H](NC(=O)[C@H](CC(=O)O)NC(=O)[C@@H]1CCCN1C(=O)[C@@H](N)CCCN=C(N)N)C(=O)NCC(=O)O.